The van der Waals surface area contributed by atoms with E-state index in [4.69, 9.17) is 6.57 Å². The molecule has 2 rings (SSSR count). The third kappa shape index (κ3) is 1.57. The van der Waals surface area contributed by atoms with Crippen LogP contribution in [0, 0.1) is 6.57 Å². The molecule has 0 unspecified atom stereocenters. The van der Waals surface area contributed by atoms with E-state index >= 15 is 0 Å². The van der Waals surface area contributed by atoms with E-state index in [1.165, 1.54) is 6.20 Å². The molecule has 0 bridgehead atoms. The summed E-state index contributed by atoms with van der Waals surface area (Å²) in [6.45, 7) is 14.3. The molecular formula is C12H14N4O. The van der Waals surface area contributed by atoms with Gasteiger partial charge in [0.25, 0.3) is 5.82 Å². The van der Waals surface area contributed by atoms with Crippen LogP contribution in [0.4, 0.5) is 5.82 Å². The second-order valence-electron chi connectivity index (χ2n) is 5.24. The van der Waals surface area contributed by atoms with Crippen LogP contribution in [0.25, 0.3) is 4.85 Å². The lowest BCUT2D eigenvalue weighted by atomic mass is 9.77. The van der Waals surface area contributed by atoms with Gasteiger partial charge in [-0.2, -0.15) is 0 Å². The van der Waals surface area contributed by atoms with Crippen LogP contribution in [0.1, 0.15) is 39.1 Å². The number of aromatic nitrogens is 2. The van der Waals surface area contributed by atoms with Crippen molar-refractivity contribution in [1.82, 2.24) is 15.3 Å². The minimum Gasteiger partial charge on any atom is -0.359 e. The second-order valence-corrected chi connectivity index (χ2v) is 5.24. The van der Waals surface area contributed by atoms with E-state index in [0.717, 1.165) is 5.69 Å². The molecule has 1 aliphatic heterocycles. The van der Waals surface area contributed by atoms with Crippen molar-refractivity contribution in [2.45, 2.75) is 38.6 Å². The van der Waals surface area contributed by atoms with E-state index in [0.29, 0.717) is 5.69 Å². The number of amides is 1. The predicted molar refractivity (Wildman–Crippen MR) is 62.5 cm³/mol. The lowest BCUT2D eigenvalue weighted by Gasteiger charge is -2.37. The van der Waals surface area contributed by atoms with Gasteiger partial charge in [-0.3, -0.25) is 9.78 Å². The summed E-state index contributed by atoms with van der Waals surface area (Å²) in [7, 11) is 0. The van der Waals surface area contributed by atoms with Crippen molar-refractivity contribution in [2.24, 2.45) is 0 Å². The Kier molecular flexibility index (Phi) is 2.21. The molecule has 0 radical (unpaired) electrons. The van der Waals surface area contributed by atoms with Gasteiger partial charge < -0.3 is 10.2 Å². The van der Waals surface area contributed by atoms with Crippen LogP contribution >= 0.6 is 0 Å². The summed E-state index contributed by atoms with van der Waals surface area (Å²) in [5.41, 5.74) is 0.0304. The van der Waals surface area contributed by atoms with Crippen LogP contribution in [0.15, 0.2) is 6.20 Å². The number of hydrogen-bond acceptors (Lipinski definition) is 3. The first kappa shape index (κ1) is 11.5. The monoisotopic (exact) mass is 230 g/mol. The molecule has 88 valence electrons. The average molecular weight is 230 g/mol. The third-order valence-corrected chi connectivity index (χ3v) is 3.05. The zero-order chi connectivity index (χ0) is 12.8. The highest BCUT2D eigenvalue weighted by molar-refractivity contribution is 5.89. The Morgan fingerprint density at radius 1 is 1.29 bits per heavy atom. The van der Waals surface area contributed by atoms with E-state index in [1.54, 1.807) is 13.8 Å². The molecule has 0 aromatic carbocycles. The predicted octanol–water partition coefficient (Wildman–Crippen LogP) is 1.67. The van der Waals surface area contributed by atoms with Crippen LogP contribution in [-0.2, 0) is 15.7 Å². The number of hydrogen-bond donors (Lipinski definition) is 1. The van der Waals surface area contributed by atoms with E-state index in [-0.39, 0.29) is 11.7 Å². The first-order chi connectivity index (χ1) is 7.79. The molecular weight excluding hydrogens is 216 g/mol. The Morgan fingerprint density at radius 2 is 1.94 bits per heavy atom. The Bertz CT molecular complexity index is 540. The molecule has 1 aliphatic rings. The SMILES string of the molecule is [C-]#[N+]c1cnc2c(n1)C(C)(C)C(=O)NC2(C)C. The standard InChI is InChI=1S/C12H14N4O/c1-11(2)8-9(12(3,4)16-10(11)17)14-6-7(13-5)15-8/h6H,1-4H3,(H,16,17). The van der Waals surface area contributed by atoms with Crippen molar-refractivity contribution in [3.8, 4) is 0 Å². The molecule has 0 saturated heterocycles. The fourth-order valence-corrected chi connectivity index (χ4v) is 1.93. The highest BCUT2D eigenvalue weighted by atomic mass is 16.2. The average Bonchev–Trinajstić information content (AvgIpc) is 2.26. The first-order valence-electron chi connectivity index (χ1n) is 5.37. The number of nitrogens with zero attached hydrogens (tertiary/aromatic N) is 3. The van der Waals surface area contributed by atoms with Gasteiger partial charge in [0, 0.05) is 0 Å². The minimum absolute atomic E-state index is 0.0913. The Hall–Kier alpha value is -1.96. The van der Waals surface area contributed by atoms with Crippen LogP contribution in [0.5, 0.6) is 0 Å². The van der Waals surface area contributed by atoms with E-state index in [9.17, 15) is 4.79 Å². The Labute approximate surface area is 100 Å². The molecule has 1 amide bonds. The van der Waals surface area contributed by atoms with Crippen molar-refractivity contribution in [3.63, 3.8) is 0 Å². The van der Waals surface area contributed by atoms with E-state index in [1.807, 2.05) is 13.8 Å². The molecule has 17 heavy (non-hydrogen) atoms. The van der Waals surface area contributed by atoms with Crippen molar-refractivity contribution in [3.05, 3.63) is 29.0 Å². The van der Waals surface area contributed by atoms with Gasteiger partial charge >= 0.3 is 0 Å². The molecule has 1 aromatic heterocycles. The number of rotatable bonds is 0. The molecule has 0 atom stereocenters. The molecule has 0 saturated carbocycles. The smallest absolute Gasteiger partial charge is 0.288 e. The quantitative estimate of drug-likeness (QED) is 0.690. The summed E-state index contributed by atoms with van der Waals surface area (Å²) in [4.78, 5) is 23.8. The summed E-state index contributed by atoms with van der Waals surface area (Å²) < 4.78 is 0. The van der Waals surface area contributed by atoms with E-state index in [2.05, 4.69) is 20.1 Å². The van der Waals surface area contributed by atoms with Gasteiger partial charge in [0.15, 0.2) is 5.69 Å². The molecule has 5 heteroatoms. The van der Waals surface area contributed by atoms with Crippen molar-refractivity contribution in [2.75, 3.05) is 0 Å². The number of carbonyl (C=O) groups is 1. The topological polar surface area (TPSA) is 59.2 Å². The van der Waals surface area contributed by atoms with Gasteiger partial charge in [-0.15, -0.1) is 4.98 Å². The third-order valence-electron chi connectivity index (χ3n) is 3.05. The number of carbonyl (C=O) groups excluding carboxylic acids is 1. The summed E-state index contributed by atoms with van der Waals surface area (Å²) in [6.07, 6.45) is 1.45. The fourth-order valence-electron chi connectivity index (χ4n) is 1.93. The number of nitrogens with one attached hydrogen (secondary N) is 1. The van der Waals surface area contributed by atoms with Crippen LogP contribution in [0.3, 0.4) is 0 Å². The van der Waals surface area contributed by atoms with Crippen LogP contribution in [0.2, 0.25) is 0 Å². The van der Waals surface area contributed by atoms with Crippen molar-refractivity contribution >= 4 is 11.7 Å². The highest BCUT2D eigenvalue weighted by Crippen LogP contribution is 2.36. The van der Waals surface area contributed by atoms with Crippen LogP contribution in [-0.4, -0.2) is 15.9 Å². The number of fused-ring (bicyclic) bond motifs is 1. The maximum absolute atomic E-state index is 12.0. The molecule has 5 nitrogen and oxygen atoms in total. The van der Waals surface area contributed by atoms with Gasteiger partial charge in [-0.1, -0.05) is 6.57 Å². The van der Waals surface area contributed by atoms with Gasteiger partial charge in [0.05, 0.1) is 11.7 Å². The maximum Gasteiger partial charge on any atom is 0.288 e. The molecule has 0 aliphatic carbocycles. The maximum atomic E-state index is 12.0. The summed E-state index contributed by atoms with van der Waals surface area (Å²) in [5, 5.41) is 2.92. The lowest BCUT2D eigenvalue weighted by Crippen LogP contribution is -2.55. The normalized spacial score (nSPS) is 20.1. The lowest BCUT2D eigenvalue weighted by molar-refractivity contribution is -0.128. The molecule has 0 spiro atoms. The highest BCUT2D eigenvalue weighted by Gasteiger charge is 2.47. The first-order valence-corrected chi connectivity index (χ1v) is 5.37. The summed E-state index contributed by atoms with van der Waals surface area (Å²) in [5.74, 6) is 0.133. The van der Waals surface area contributed by atoms with E-state index < -0.39 is 11.0 Å². The minimum atomic E-state index is -0.751. The fraction of sp³-hybridized carbons (Fsp3) is 0.500. The molecule has 0 fully saturated rings. The van der Waals surface area contributed by atoms with Crippen molar-refractivity contribution in [1.29, 1.82) is 0 Å². The van der Waals surface area contributed by atoms with Crippen molar-refractivity contribution < 1.29 is 4.79 Å². The Balaban J connectivity index is 2.74. The van der Waals surface area contributed by atoms with Crippen LogP contribution < -0.4 is 5.32 Å². The van der Waals surface area contributed by atoms with Gasteiger partial charge in [0.1, 0.15) is 11.1 Å². The second kappa shape index (κ2) is 3.27. The van der Waals surface area contributed by atoms with Gasteiger partial charge in [-0.05, 0) is 27.7 Å². The molecule has 1 aromatic rings. The van der Waals surface area contributed by atoms with Gasteiger partial charge in [0.2, 0.25) is 5.91 Å². The summed E-state index contributed by atoms with van der Waals surface area (Å²) in [6, 6.07) is 0. The molecule has 1 N–H and O–H groups in total. The zero-order valence-corrected chi connectivity index (χ0v) is 10.3. The Morgan fingerprint density at radius 3 is 2.53 bits per heavy atom. The largest absolute Gasteiger partial charge is 0.359 e. The van der Waals surface area contributed by atoms with Gasteiger partial charge in [-0.25, -0.2) is 0 Å². The summed E-state index contributed by atoms with van der Waals surface area (Å²) >= 11 is 0. The zero-order valence-electron chi connectivity index (χ0n) is 10.3. The molecule has 2 heterocycles.